The van der Waals surface area contributed by atoms with Gasteiger partial charge in [0.25, 0.3) is 0 Å². The molecule has 3 rings (SSSR count). The Morgan fingerprint density at radius 1 is 1.08 bits per heavy atom. The van der Waals surface area contributed by atoms with E-state index in [1.165, 1.54) is 12.1 Å². The fourth-order valence-electron chi connectivity index (χ4n) is 2.53. The van der Waals surface area contributed by atoms with E-state index in [1.54, 1.807) is 19.2 Å². The largest absolute Gasteiger partial charge is 0.496 e. The molecule has 4 nitrogen and oxygen atoms in total. The van der Waals surface area contributed by atoms with Crippen LogP contribution < -0.4 is 9.47 Å². The number of carboxylic acids is 1. The topological polar surface area (TPSA) is 55.8 Å². The van der Waals surface area contributed by atoms with E-state index in [1.807, 2.05) is 30.3 Å². The summed E-state index contributed by atoms with van der Waals surface area (Å²) in [6.07, 6.45) is 0. The predicted octanol–water partition coefficient (Wildman–Crippen LogP) is 4.89. The number of fused-ring (bicyclic) bond motifs is 1. The molecule has 1 N–H and O–H groups in total. The summed E-state index contributed by atoms with van der Waals surface area (Å²) in [6.45, 7) is 0.328. The number of carbonyl (C=O) groups is 1. The molecule has 0 saturated heterocycles. The van der Waals surface area contributed by atoms with Crippen LogP contribution in [0.2, 0.25) is 0 Å². The lowest BCUT2D eigenvalue weighted by atomic mass is 10.0. The third-order valence-electron chi connectivity index (χ3n) is 3.75. The minimum atomic E-state index is -0.956. The second kappa shape index (κ2) is 6.93. The molecule has 0 spiro atoms. The van der Waals surface area contributed by atoms with E-state index in [4.69, 9.17) is 14.6 Å². The summed E-state index contributed by atoms with van der Waals surface area (Å²) in [5.74, 6) is 0.408. The van der Waals surface area contributed by atoms with E-state index < -0.39 is 5.97 Å². The van der Waals surface area contributed by atoms with Gasteiger partial charge < -0.3 is 14.6 Å². The second-order valence-corrected chi connectivity index (χ2v) is 6.15. The molecule has 0 fully saturated rings. The molecule has 0 heterocycles. The molecule has 3 aromatic carbocycles. The second-order valence-electron chi connectivity index (χ2n) is 5.23. The number of methoxy groups -OCH3 is 1. The fraction of sp³-hybridized carbons (Fsp3) is 0.105. The van der Waals surface area contributed by atoms with E-state index in [-0.39, 0.29) is 5.56 Å². The fourth-order valence-corrected chi connectivity index (χ4v) is 2.91. The lowest BCUT2D eigenvalue weighted by Gasteiger charge is -2.13. The van der Waals surface area contributed by atoms with Crippen molar-refractivity contribution in [3.8, 4) is 11.5 Å². The molecular formula is C19H15BrO4. The third kappa shape index (κ3) is 3.36. The highest BCUT2D eigenvalue weighted by molar-refractivity contribution is 9.10. The summed E-state index contributed by atoms with van der Waals surface area (Å²) >= 11 is 3.48. The maximum absolute atomic E-state index is 10.9. The van der Waals surface area contributed by atoms with Gasteiger partial charge in [-0.3, -0.25) is 0 Å². The van der Waals surface area contributed by atoms with E-state index in [2.05, 4.69) is 15.9 Å². The summed E-state index contributed by atoms with van der Waals surface area (Å²) in [7, 11) is 1.63. The van der Waals surface area contributed by atoms with Crippen LogP contribution in [0.4, 0.5) is 0 Å². The summed E-state index contributed by atoms with van der Waals surface area (Å²) in [5, 5.41) is 11.1. The Balaban J connectivity index is 1.89. The van der Waals surface area contributed by atoms with Crippen LogP contribution in [-0.4, -0.2) is 18.2 Å². The summed E-state index contributed by atoms with van der Waals surface area (Å²) < 4.78 is 12.3. The Kier molecular flexibility index (Phi) is 4.71. The van der Waals surface area contributed by atoms with Gasteiger partial charge in [0.15, 0.2) is 0 Å². The number of benzene rings is 3. The van der Waals surface area contributed by atoms with Crippen LogP contribution >= 0.6 is 15.9 Å². The SMILES string of the molecule is COc1ccc2cc(Br)ccc2c1COc1ccc(C(=O)O)cc1. The number of carboxylic acid groups (broad SMARTS) is 1. The van der Waals surface area contributed by atoms with Crippen molar-refractivity contribution in [1.82, 2.24) is 0 Å². The van der Waals surface area contributed by atoms with Crippen molar-refractivity contribution < 1.29 is 19.4 Å². The van der Waals surface area contributed by atoms with E-state index in [9.17, 15) is 4.79 Å². The molecule has 0 saturated carbocycles. The molecule has 5 heteroatoms. The zero-order valence-electron chi connectivity index (χ0n) is 13.0. The quantitative estimate of drug-likeness (QED) is 0.678. The minimum absolute atomic E-state index is 0.231. The van der Waals surface area contributed by atoms with E-state index in [0.717, 1.165) is 26.6 Å². The van der Waals surface area contributed by atoms with Gasteiger partial charge in [-0.05, 0) is 53.2 Å². The van der Waals surface area contributed by atoms with Crippen LogP contribution in [0.1, 0.15) is 15.9 Å². The van der Waals surface area contributed by atoms with Crippen molar-refractivity contribution >= 4 is 32.7 Å². The molecule has 0 aromatic heterocycles. The molecule has 0 radical (unpaired) electrons. The van der Waals surface area contributed by atoms with Gasteiger partial charge in [-0.2, -0.15) is 0 Å². The lowest BCUT2D eigenvalue weighted by molar-refractivity contribution is 0.0697. The molecule has 24 heavy (non-hydrogen) atoms. The van der Waals surface area contributed by atoms with Gasteiger partial charge in [-0.25, -0.2) is 4.79 Å². The zero-order valence-corrected chi connectivity index (χ0v) is 14.5. The van der Waals surface area contributed by atoms with Crippen LogP contribution in [-0.2, 0) is 6.61 Å². The summed E-state index contributed by atoms with van der Waals surface area (Å²) in [6, 6.07) is 16.3. The number of hydrogen-bond donors (Lipinski definition) is 1. The number of ether oxygens (including phenoxy) is 2. The number of aromatic carboxylic acids is 1. The molecule has 3 aromatic rings. The van der Waals surface area contributed by atoms with Crippen molar-refractivity contribution in [1.29, 1.82) is 0 Å². The summed E-state index contributed by atoms with van der Waals surface area (Å²) in [5.41, 5.74) is 1.18. The van der Waals surface area contributed by atoms with Crippen molar-refractivity contribution in [3.63, 3.8) is 0 Å². The Hall–Kier alpha value is -2.53. The monoisotopic (exact) mass is 386 g/mol. The maximum Gasteiger partial charge on any atom is 0.335 e. The highest BCUT2D eigenvalue weighted by atomic mass is 79.9. The Morgan fingerprint density at radius 3 is 2.50 bits per heavy atom. The minimum Gasteiger partial charge on any atom is -0.496 e. The number of rotatable bonds is 5. The van der Waals surface area contributed by atoms with Gasteiger partial charge in [0.05, 0.1) is 12.7 Å². The Bertz CT molecular complexity index is 888. The molecule has 122 valence electrons. The van der Waals surface area contributed by atoms with Gasteiger partial charge in [0, 0.05) is 10.0 Å². The highest BCUT2D eigenvalue weighted by Gasteiger charge is 2.10. The lowest BCUT2D eigenvalue weighted by Crippen LogP contribution is -2.01. The average Bonchev–Trinajstić information content (AvgIpc) is 2.59. The molecule has 0 aliphatic carbocycles. The summed E-state index contributed by atoms with van der Waals surface area (Å²) in [4.78, 5) is 10.9. The first kappa shape index (κ1) is 16.3. The molecular weight excluding hydrogens is 372 g/mol. The first-order valence-electron chi connectivity index (χ1n) is 7.30. The average molecular weight is 387 g/mol. The Labute approximate surface area is 147 Å². The van der Waals surface area contributed by atoms with Gasteiger partial charge >= 0.3 is 5.97 Å². The number of hydrogen-bond acceptors (Lipinski definition) is 3. The van der Waals surface area contributed by atoms with E-state index in [0.29, 0.717) is 12.4 Å². The zero-order chi connectivity index (χ0) is 17.1. The molecule has 0 bridgehead atoms. The van der Waals surface area contributed by atoms with Crippen LogP contribution in [0, 0.1) is 0 Å². The van der Waals surface area contributed by atoms with Crippen LogP contribution in [0.25, 0.3) is 10.8 Å². The molecule has 0 unspecified atom stereocenters. The normalized spacial score (nSPS) is 10.6. The van der Waals surface area contributed by atoms with Crippen molar-refractivity contribution in [2.24, 2.45) is 0 Å². The third-order valence-corrected chi connectivity index (χ3v) is 4.25. The molecule has 0 atom stereocenters. The first-order valence-corrected chi connectivity index (χ1v) is 8.09. The van der Waals surface area contributed by atoms with Gasteiger partial charge in [0.1, 0.15) is 18.1 Å². The van der Waals surface area contributed by atoms with Crippen molar-refractivity contribution in [2.45, 2.75) is 6.61 Å². The van der Waals surface area contributed by atoms with Gasteiger partial charge in [-0.15, -0.1) is 0 Å². The van der Waals surface area contributed by atoms with E-state index >= 15 is 0 Å². The smallest absolute Gasteiger partial charge is 0.335 e. The van der Waals surface area contributed by atoms with Gasteiger partial charge in [0.2, 0.25) is 0 Å². The number of halogens is 1. The molecule has 0 aliphatic rings. The maximum atomic E-state index is 10.9. The standard InChI is InChI=1S/C19H15BrO4/c1-23-18-9-4-13-10-14(20)5-8-16(13)17(18)11-24-15-6-2-12(3-7-15)19(21)22/h2-10H,11H2,1H3,(H,21,22). The predicted molar refractivity (Wildman–Crippen MR) is 95.9 cm³/mol. The van der Waals surface area contributed by atoms with Crippen LogP contribution in [0.15, 0.2) is 59.1 Å². The van der Waals surface area contributed by atoms with Crippen LogP contribution in [0.5, 0.6) is 11.5 Å². The van der Waals surface area contributed by atoms with Gasteiger partial charge in [-0.1, -0.05) is 28.1 Å². The highest BCUT2D eigenvalue weighted by Crippen LogP contribution is 2.31. The van der Waals surface area contributed by atoms with Crippen molar-refractivity contribution in [2.75, 3.05) is 7.11 Å². The Morgan fingerprint density at radius 2 is 1.83 bits per heavy atom. The first-order chi connectivity index (χ1) is 11.6. The van der Waals surface area contributed by atoms with Crippen molar-refractivity contribution in [3.05, 3.63) is 70.2 Å². The van der Waals surface area contributed by atoms with Crippen LogP contribution in [0.3, 0.4) is 0 Å². The molecule has 0 aliphatic heterocycles. The molecule has 0 amide bonds.